The van der Waals surface area contributed by atoms with Crippen molar-refractivity contribution in [2.24, 2.45) is 10.9 Å². The number of amides is 1. The highest BCUT2D eigenvalue weighted by molar-refractivity contribution is 5.80. The predicted octanol–water partition coefficient (Wildman–Crippen LogP) is 1.38. The Hall–Kier alpha value is -1.46. The first-order valence-electron chi connectivity index (χ1n) is 5.09. The van der Waals surface area contributed by atoms with Crippen LogP contribution in [0.4, 0.5) is 4.79 Å². The van der Waals surface area contributed by atoms with Gasteiger partial charge in [0, 0.05) is 19.5 Å². The second-order valence-corrected chi connectivity index (χ2v) is 4.74. The molecule has 16 heavy (non-hydrogen) atoms. The predicted molar refractivity (Wildman–Crippen MR) is 61.5 cm³/mol. The van der Waals surface area contributed by atoms with Gasteiger partial charge in [-0.25, -0.2) is 4.79 Å². The monoisotopic (exact) mass is 231 g/mol. The van der Waals surface area contributed by atoms with Gasteiger partial charge in [-0.05, 0) is 27.7 Å². The molecule has 94 valence electrons. The Labute approximate surface area is 96.0 Å². The van der Waals surface area contributed by atoms with Crippen LogP contribution in [-0.2, 0) is 4.74 Å². The van der Waals surface area contributed by atoms with Crippen molar-refractivity contribution in [1.29, 1.82) is 0 Å². The second kappa shape index (κ2) is 5.58. The van der Waals surface area contributed by atoms with Crippen LogP contribution in [0.1, 0.15) is 34.1 Å². The molecular weight excluding hydrogens is 210 g/mol. The lowest BCUT2D eigenvalue weighted by atomic mass is 10.2. The number of nitrogens with zero attached hydrogens (tertiary/aromatic N) is 2. The summed E-state index contributed by atoms with van der Waals surface area (Å²) in [6.07, 6.45) is -0.127. The van der Waals surface area contributed by atoms with Crippen molar-refractivity contribution in [2.75, 3.05) is 7.05 Å². The minimum atomic E-state index is -0.526. The Morgan fingerprint density at radius 3 is 2.44 bits per heavy atom. The number of rotatable bonds is 3. The van der Waals surface area contributed by atoms with Crippen LogP contribution in [-0.4, -0.2) is 40.7 Å². The van der Waals surface area contributed by atoms with E-state index in [1.807, 2.05) is 0 Å². The van der Waals surface area contributed by atoms with E-state index in [2.05, 4.69) is 5.16 Å². The minimum Gasteiger partial charge on any atom is -0.444 e. The summed E-state index contributed by atoms with van der Waals surface area (Å²) in [7, 11) is 1.61. The van der Waals surface area contributed by atoms with E-state index in [-0.39, 0.29) is 11.9 Å². The van der Waals surface area contributed by atoms with Gasteiger partial charge in [0.05, 0.1) is 0 Å². The first-order chi connectivity index (χ1) is 7.17. The highest BCUT2D eigenvalue weighted by Gasteiger charge is 2.23. The fraction of sp³-hybridized carbons (Fsp3) is 0.800. The number of oxime groups is 1. The van der Waals surface area contributed by atoms with Gasteiger partial charge in [0.1, 0.15) is 11.4 Å². The summed E-state index contributed by atoms with van der Waals surface area (Å²) in [5, 5.41) is 11.3. The Morgan fingerprint density at radius 2 is 2.06 bits per heavy atom. The number of amidine groups is 1. The van der Waals surface area contributed by atoms with E-state index in [0.717, 1.165) is 0 Å². The van der Waals surface area contributed by atoms with E-state index in [1.165, 1.54) is 4.90 Å². The summed E-state index contributed by atoms with van der Waals surface area (Å²) in [6.45, 7) is 7.19. The van der Waals surface area contributed by atoms with Gasteiger partial charge in [-0.3, -0.25) is 0 Å². The maximum atomic E-state index is 11.6. The molecule has 0 aliphatic carbocycles. The number of ether oxygens (including phenoxy) is 1. The van der Waals surface area contributed by atoms with Gasteiger partial charge in [0.15, 0.2) is 0 Å². The van der Waals surface area contributed by atoms with E-state index in [0.29, 0.717) is 6.42 Å². The van der Waals surface area contributed by atoms with Gasteiger partial charge < -0.3 is 20.6 Å². The molecule has 0 bridgehead atoms. The molecule has 0 spiro atoms. The molecule has 0 saturated heterocycles. The van der Waals surface area contributed by atoms with E-state index in [9.17, 15) is 4.79 Å². The molecule has 0 aromatic heterocycles. The summed E-state index contributed by atoms with van der Waals surface area (Å²) >= 11 is 0. The molecule has 0 radical (unpaired) electrons. The zero-order valence-corrected chi connectivity index (χ0v) is 10.5. The first-order valence-corrected chi connectivity index (χ1v) is 5.09. The normalized spacial score (nSPS) is 14.4. The number of nitrogens with two attached hydrogens (primary N) is 1. The first kappa shape index (κ1) is 14.5. The quantitative estimate of drug-likeness (QED) is 0.332. The Morgan fingerprint density at radius 1 is 1.56 bits per heavy atom. The smallest absolute Gasteiger partial charge is 0.410 e. The Kier molecular flexibility index (Phi) is 5.07. The van der Waals surface area contributed by atoms with Crippen molar-refractivity contribution in [2.45, 2.75) is 45.8 Å². The lowest BCUT2D eigenvalue weighted by Gasteiger charge is -2.28. The molecule has 6 nitrogen and oxygen atoms in total. The third kappa shape index (κ3) is 5.43. The molecule has 0 rings (SSSR count). The van der Waals surface area contributed by atoms with Gasteiger partial charge >= 0.3 is 6.09 Å². The van der Waals surface area contributed by atoms with Gasteiger partial charge in [0.25, 0.3) is 0 Å². The lowest BCUT2D eigenvalue weighted by Crippen LogP contribution is -2.41. The second-order valence-electron chi connectivity index (χ2n) is 4.74. The van der Waals surface area contributed by atoms with E-state index >= 15 is 0 Å². The van der Waals surface area contributed by atoms with Crippen molar-refractivity contribution in [3.05, 3.63) is 0 Å². The molecule has 0 aromatic carbocycles. The standard InChI is InChI=1S/C10H21N3O3/c1-7(6-8(11)12-15)13(5)9(14)16-10(2,3)4/h7,15H,6H2,1-5H3,(H2,11,12)/t7-/m0/s1. The number of hydrogen-bond donors (Lipinski definition) is 2. The van der Waals surface area contributed by atoms with E-state index in [1.54, 1.807) is 34.7 Å². The molecule has 0 heterocycles. The van der Waals surface area contributed by atoms with Gasteiger partial charge in [-0.1, -0.05) is 5.16 Å². The van der Waals surface area contributed by atoms with Crippen LogP contribution in [0.3, 0.4) is 0 Å². The molecule has 1 atom stereocenters. The fourth-order valence-electron chi connectivity index (χ4n) is 0.994. The summed E-state index contributed by atoms with van der Waals surface area (Å²) in [5.41, 5.74) is 4.83. The van der Waals surface area contributed by atoms with Crippen molar-refractivity contribution < 1.29 is 14.7 Å². The highest BCUT2D eigenvalue weighted by Crippen LogP contribution is 2.11. The topological polar surface area (TPSA) is 88.2 Å². The highest BCUT2D eigenvalue weighted by atomic mass is 16.6. The summed E-state index contributed by atoms with van der Waals surface area (Å²) in [6, 6.07) is -0.189. The van der Waals surface area contributed by atoms with Crippen molar-refractivity contribution in [3.63, 3.8) is 0 Å². The molecule has 0 unspecified atom stereocenters. The van der Waals surface area contributed by atoms with Crippen LogP contribution in [0.15, 0.2) is 5.16 Å². The molecule has 1 amide bonds. The zero-order chi connectivity index (χ0) is 12.9. The van der Waals surface area contributed by atoms with Crippen LogP contribution in [0.25, 0.3) is 0 Å². The molecule has 6 heteroatoms. The minimum absolute atomic E-state index is 0.0860. The SMILES string of the molecule is C[C@@H](C/C(N)=N/O)N(C)C(=O)OC(C)(C)C. The van der Waals surface area contributed by atoms with Crippen molar-refractivity contribution in [3.8, 4) is 0 Å². The Bertz CT molecular complexity index is 271. The molecular formula is C10H21N3O3. The molecule has 0 fully saturated rings. The fourth-order valence-corrected chi connectivity index (χ4v) is 0.994. The summed E-state index contributed by atoms with van der Waals surface area (Å²) in [5.74, 6) is 0.0860. The maximum absolute atomic E-state index is 11.6. The van der Waals surface area contributed by atoms with Crippen LogP contribution >= 0.6 is 0 Å². The van der Waals surface area contributed by atoms with Crippen LogP contribution in [0.5, 0.6) is 0 Å². The third-order valence-corrected chi connectivity index (χ3v) is 1.98. The third-order valence-electron chi connectivity index (χ3n) is 1.98. The van der Waals surface area contributed by atoms with Crippen LogP contribution in [0, 0.1) is 0 Å². The van der Waals surface area contributed by atoms with Gasteiger partial charge in [0.2, 0.25) is 0 Å². The average Bonchev–Trinajstić information content (AvgIpc) is 2.13. The Balaban J connectivity index is 4.33. The molecule has 0 aliphatic rings. The summed E-state index contributed by atoms with van der Waals surface area (Å²) < 4.78 is 5.18. The van der Waals surface area contributed by atoms with Crippen LogP contribution in [0.2, 0.25) is 0 Å². The maximum Gasteiger partial charge on any atom is 0.410 e. The molecule has 0 aliphatic heterocycles. The zero-order valence-electron chi connectivity index (χ0n) is 10.5. The molecule has 3 N–H and O–H groups in total. The van der Waals surface area contributed by atoms with E-state index in [4.69, 9.17) is 15.7 Å². The van der Waals surface area contributed by atoms with Gasteiger partial charge in [-0.2, -0.15) is 0 Å². The van der Waals surface area contributed by atoms with Crippen LogP contribution < -0.4 is 5.73 Å². The number of carbonyl (C=O) groups is 1. The largest absolute Gasteiger partial charge is 0.444 e. The summed E-state index contributed by atoms with van der Waals surface area (Å²) in [4.78, 5) is 13.1. The van der Waals surface area contributed by atoms with Crippen molar-refractivity contribution in [1.82, 2.24) is 4.90 Å². The number of carbonyl (C=O) groups excluding carboxylic acids is 1. The molecule has 0 saturated carbocycles. The average molecular weight is 231 g/mol. The van der Waals surface area contributed by atoms with Gasteiger partial charge in [-0.15, -0.1) is 0 Å². The number of hydrogen-bond acceptors (Lipinski definition) is 4. The van der Waals surface area contributed by atoms with Crippen molar-refractivity contribution >= 4 is 11.9 Å². The molecule has 0 aromatic rings. The lowest BCUT2D eigenvalue weighted by molar-refractivity contribution is 0.0240. The van der Waals surface area contributed by atoms with E-state index < -0.39 is 11.7 Å².